The summed E-state index contributed by atoms with van der Waals surface area (Å²) in [5, 5.41) is 4.00. The first-order valence-electron chi connectivity index (χ1n) is 3.70. The summed E-state index contributed by atoms with van der Waals surface area (Å²) >= 11 is 0. The lowest BCUT2D eigenvalue weighted by Gasteiger charge is -2.22. The van der Waals surface area contributed by atoms with Crippen LogP contribution in [-0.4, -0.2) is 43.2 Å². The molecule has 2 heterocycles. The van der Waals surface area contributed by atoms with Gasteiger partial charge in [0.2, 0.25) is 0 Å². The van der Waals surface area contributed by atoms with Crippen molar-refractivity contribution in [3.05, 3.63) is 0 Å². The van der Waals surface area contributed by atoms with E-state index in [1.54, 1.807) is 0 Å². The highest BCUT2D eigenvalue weighted by molar-refractivity contribution is 4.56. The maximum absolute atomic E-state index is 5.32. The minimum atomic E-state index is 0.694. The van der Waals surface area contributed by atoms with E-state index in [-0.39, 0.29) is 0 Å². The monoisotopic (exact) mass is 144 g/mol. The van der Waals surface area contributed by atoms with Crippen LogP contribution in [0.4, 0.5) is 0 Å². The number of ether oxygens (including phenoxy) is 1. The van der Waals surface area contributed by atoms with Gasteiger partial charge in [-0.3, -0.25) is 4.84 Å². The van der Waals surface area contributed by atoms with E-state index in [1.165, 1.54) is 0 Å². The Morgan fingerprint density at radius 2 is 2.10 bits per heavy atom. The van der Waals surface area contributed by atoms with Gasteiger partial charge in [-0.2, -0.15) is 5.01 Å². The Kier molecular flexibility index (Phi) is 1.86. The third-order valence-corrected chi connectivity index (χ3v) is 1.78. The summed E-state index contributed by atoms with van der Waals surface area (Å²) in [6, 6.07) is 0. The van der Waals surface area contributed by atoms with Crippen LogP contribution in [0.15, 0.2) is 0 Å². The normalized spacial score (nSPS) is 30.0. The van der Waals surface area contributed by atoms with Gasteiger partial charge in [-0.1, -0.05) is 0 Å². The van der Waals surface area contributed by atoms with Gasteiger partial charge in [0.25, 0.3) is 0 Å². The third-order valence-electron chi connectivity index (χ3n) is 1.78. The lowest BCUT2D eigenvalue weighted by Crippen LogP contribution is -2.37. The van der Waals surface area contributed by atoms with Gasteiger partial charge in [0, 0.05) is 13.1 Å². The molecule has 2 saturated heterocycles. The number of hydrogen-bond acceptors (Lipinski definition) is 4. The average Bonchev–Trinajstić information content (AvgIpc) is 2.59. The molecule has 0 radical (unpaired) electrons. The third kappa shape index (κ3) is 1.15. The molecule has 0 aromatic rings. The summed E-state index contributed by atoms with van der Waals surface area (Å²) < 4.78 is 5.17. The average molecular weight is 144 g/mol. The van der Waals surface area contributed by atoms with E-state index in [9.17, 15) is 0 Å². The Balaban J connectivity index is 1.85. The first kappa shape index (κ1) is 6.54. The molecule has 0 saturated carbocycles. The van der Waals surface area contributed by atoms with E-state index in [1.807, 2.05) is 5.17 Å². The van der Waals surface area contributed by atoms with Crippen molar-refractivity contribution in [2.75, 3.05) is 33.0 Å². The van der Waals surface area contributed by atoms with Crippen molar-refractivity contribution in [2.24, 2.45) is 0 Å². The van der Waals surface area contributed by atoms with E-state index >= 15 is 0 Å². The predicted molar refractivity (Wildman–Crippen MR) is 34.8 cm³/mol. The number of hydrogen-bond donors (Lipinski definition) is 0. The maximum atomic E-state index is 5.32. The summed E-state index contributed by atoms with van der Waals surface area (Å²) in [6.45, 7) is 4.37. The van der Waals surface area contributed by atoms with Crippen molar-refractivity contribution in [3.63, 3.8) is 0 Å². The van der Waals surface area contributed by atoms with Crippen LogP contribution in [-0.2, 0) is 9.57 Å². The Morgan fingerprint density at radius 1 is 1.10 bits per heavy atom. The standard InChI is InChI=1S/C6H12N2O2/c1-2-8(10-4-1)7-3-5-9-6-7/h1-6H2. The highest BCUT2D eigenvalue weighted by atomic mass is 16.7. The molecule has 0 atom stereocenters. The molecule has 58 valence electrons. The Bertz CT molecular complexity index is 94.3. The zero-order valence-corrected chi connectivity index (χ0v) is 5.95. The van der Waals surface area contributed by atoms with Crippen LogP contribution in [0.5, 0.6) is 0 Å². The molecule has 2 rings (SSSR count). The Morgan fingerprint density at radius 3 is 2.70 bits per heavy atom. The fourth-order valence-electron chi connectivity index (χ4n) is 1.24. The van der Waals surface area contributed by atoms with Crippen molar-refractivity contribution in [1.82, 2.24) is 10.2 Å². The van der Waals surface area contributed by atoms with Crippen LogP contribution in [0.1, 0.15) is 6.42 Å². The molecule has 0 bridgehead atoms. The van der Waals surface area contributed by atoms with Crippen LogP contribution in [0.2, 0.25) is 0 Å². The molecule has 4 heteroatoms. The SMILES string of the molecule is C1CON(N2CCOC2)C1. The smallest absolute Gasteiger partial charge is 0.114 e. The van der Waals surface area contributed by atoms with E-state index in [4.69, 9.17) is 9.57 Å². The molecule has 0 N–H and O–H groups in total. The van der Waals surface area contributed by atoms with Crippen LogP contribution in [0.25, 0.3) is 0 Å². The first-order chi connectivity index (χ1) is 4.97. The molecular weight excluding hydrogens is 132 g/mol. The van der Waals surface area contributed by atoms with Gasteiger partial charge in [0.1, 0.15) is 6.73 Å². The zero-order chi connectivity index (χ0) is 6.81. The van der Waals surface area contributed by atoms with Gasteiger partial charge in [0.05, 0.1) is 13.2 Å². The van der Waals surface area contributed by atoms with E-state index < -0.39 is 0 Å². The van der Waals surface area contributed by atoms with Gasteiger partial charge in [-0.25, -0.2) is 0 Å². The van der Waals surface area contributed by atoms with Gasteiger partial charge in [0.15, 0.2) is 0 Å². The molecule has 0 amide bonds. The number of hydroxylamine groups is 1. The summed E-state index contributed by atoms with van der Waals surface area (Å²) in [6.07, 6.45) is 1.14. The second-order valence-corrected chi connectivity index (χ2v) is 2.53. The molecule has 2 aliphatic rings. The van der Waals surface area contributed by atoms with E-state index in [0.29, 0.717) is 6.73 Å². The fourth-order valence-corrected chi connectivity index (χ4v) is 1.24. The summed E-state index contributed by atoms with van der Waals surface area (Å²) in [5.74, 6) is 0. The van der Waals surface area contributed by atoms with Crippen molar-refractivity contribution in [2.45, 2.75) is 6.42 Å². The Labute approximate surface area is 60.2 Å². The molecule has 0 spiro atoms. The van der Waals surface area contributed by atoms with Crippen LogP contribution in [0.3, 0.4) is 0 Å². The summed E-state index contributed by atoms with van der Waals surface area (Å²) in [5.41, 5.74) is 0. The molecule has 0 aromatic carbocycles. The van der Waals surface area contributed by atoms with Gasteiger partial charge in [-0.15, -0.1) is 5.17 Å². The number of rotatable bonds is 1. The van der Waals surface area contributed by atoms with Crippen molar-refractivity contribution in [1.29, 1.82) is 0 Å². The number of nitrogens with zero attached hydrogens (tertiary/aromatic N) is 2. The quantitative estimate of drug-likeness (QED) is 0.510. The minimum Gasteiger partial charge on any atom is -0.363 e. The fraction of sp³-hybridized carbons (Fsp3) is 1.00. The second kappa shape index (κ2) is 2.84. The lowest BCUT2D eigenvalue weighted by molar-refractivity contribution is -0.250. The second-order valence-electron chi connectivity index (χ2n) is 2.53. The van der Waals surface area contributed by atoms with Crippen molar-refractivity contribution >= 4 is 0 Å². The first-order valence-corrected chi connectivity index (χ1v) is 3.70. The van der Waals surface area contributed by atoms with Crippen LogP contribution < -0.4 is 0 Å². The van der Waals surface area contributed by atoms with Gasteiger partial charge in [-0.05, 0) is 6.42 Å². The molecule has 2 aliphatic heterocycles. The van der Waals surface area contributed by atoms with E-state index in [0.717, 1.165) is 32.7 Å². The number of hydrazine groups is 1. The van der Waals surface area contributed by atoms with Gasteiger partial charge >= 0.3 is 0 Å². The lowest BCUT2D eigenvalue weighted by atomic mass is 10.5. The highest BCUT2D eigenvalue weighted by Crippen LogP contribution is 2.11. The molecule has 0 unspecified atom stereocenters. The van der Waals surface area contributed by atoms with Gasteiger partial charge < -0.3 is 4.74 Å². The van der Waals surface area contributed by atoms with Crippen LogP contribution in [0, 0.1) is 0 Å². The minimum absolute atomic E-state index is 0.694. The Hall–Kier alpha value is -0.160. The van der Waals surface area contributed by atoms with E-state index in [2.05, 4.69) is 5.01 Å². The van der Waals surface area contributed by atoms with Crippen molar-refractivity contribution in [3.8, 4) is 0 Å². The zero-order valence-electron chi connectivity index (χ0n) is 5.95. The highest BCUT2D eigenvalue weighted by Gasteiger charge is 2.23. The molecule has 2 fully saturated rings. The molecule has 10 heavy (non-hydrogen) atoms. The maximum Gasteiger partial charge on any atom is 0.114 e. The summed E-state index contributed by atoms with van der Waals surface area (Å²) in [7, 11) is 0. The predicted octanol–water partition coefficient (Wildman–Crippen LogP) is -0.172. The summed E-state index contributed by atoms with van der Waals surface area (Å²) in [4.78, 5) is 5.32. The molecule has 0 aromatic heterocycles. The topological polar surface area (TPSA) is 24.9 Å². The van der Waals surface area contributed by atoms with Crippen LogP contribution >= 0.6 is 0 Å². The molecular formula is C6H12N2O2. The largest absolute Gasteiger partial charge is 0.363 e. The van der Waals surface area contributed by atoms with Crippen molar-refractivity contribution < 1.29 is 9.57 Å². The molecule has 4 nitrogen and oxygen atoms in total. The molecule has 0 aliphatic carbocycles.